The summed E-state index contributed by atoms with van der Waals surface area (Å²) in [5.41, 5.74) is 1.39. The summed E-state index contributed by atoms with van der Waals surface area (Å²) in [4.78, 5) is 0. The molecule has 1 nitrogen and oxygen atoms in total. The van der Waals surface area contributed by atoms with Gasteiger partial charge in [0.1, 0.15) is 0 Å². The Hall–Kier alpha value is -0.820. The van der Waals surface area contributed by atoms with Crippen LogP contribution in [0.4, 0.5) is 0 Å². The summed E-state index contributed by atoms with van der Waals surface area (Å²) < 4.78 is 0. The van der Waals surface area contributed by atoms with Gasteiger partial charge in [-0.3, -0.25) is 0 Å². The van der Waals surface area contributed by atoms with Gasteiger partial charge in [-0.2, -0.15) is 0 Å². The fourth-order valence-corrected chi connectivity index (χ4v) is 2.51. The Labute approximate surface area is 85.8 Å². The minimum Gasteiger partial charge on any atom is -0.393 e. The molecule has 0 aliphatic heterocycles. The van der Waals surface area contributed by atoms with Crippen molar-refractivity contribution >= 4 is 0 Å². The lowest BCUT2D eigenvalue weighted by Gasteiger charge is -2.33. The smallest absolute Gasteiger partial charge is 0.0571 e. The van der Waals surface area contributed by atoms with Crippen LogP contribution in [0.15, 0.2) is 30.3 Å². The summed E-state index contributed by atoms with van der Waals surface area (Å²) in [5, 5.41) is 9.81. The zero-order chi connectivity index (χ0) is 9.97. The second-order valence-corrected chi connectivity index (χ2v) is 4.37. The van der Waals surface area contributed by atoms with Gasteiger partial charge in [0, 0.05) is 0 Å². The molecule has 14 heavy (non-hydrogen) atoms. The van der Waals surface area contributed by atoms with Crippen molar-refractivity contribution in [3.8, 4) is 0 Å². The van der Waals surface area contributed by atoms with E-state index >= 15 is 0 Å². The molecule has 1 heteroatoms. The van der Waals surface area contributed by atoms with Crippen molar-refractivity contribution in [1.29, 1.82) is 0 Å². The molecule has 76 valence electrons. The summed E-state index contributed by atoms with van der Waals surface area (Å²) in [7, 11) is 0. The van der Waals surface area contributed by atoms with Crippen molar-refractivity contribution in [2.45, 2.75) is 38.2 Å². The standard InChI is InChI=1S/C13H18O/c1-10-12(8-5-9-13(10)14)11-6-3-2-4-7-11/h2-4,6-7,10,12-14H,5,8-9H2,1H3/t10-,12-,13+/m0/s1. The number of hydrogen-bond donors (Lipinski definition) is 1. The van der Waals surface area contributed by atoms with Crippen molar-refractivity contribution in [2.75, 3.05) is 0 Å². The first-order valence-corrected chi connectivity index (χ1v) is 5.52. The Kier molecular flexibility index (Phi) is 2.87. The van der Waals surface area contributed by atoms with E-state index in [4.69, 9.17) is 0 Å². The highest BCUT2D eigenvalue weighted by molar-refractivity contribution is 5.21. The van der Waals surface area contributed by atoms with E-state index in [2.05, 4.69) is 31.2 Å². The van der Waals surface area contributed by atoms with Crippen molar-refractivity contribution in [3.63, 3.8) is 0 Å². The van der Waals surface area contributed by atoms with E-state index in [1.54, 1.807) is 0 Å². The fourth-order valence-electron chi connectivity index (χ4n) is 2.51. The third kappa shape index (κ3) is 1.83. The van der Waals surface area contributed by atoms with Gasteiger partial charge in [-0.25, -0.2) is 0 Å². The first kappa shape index (κ1) is 9.72. The Morgan fingerprint density at radius 1 is 1.14 bits per heavy atom. The summed E-state index contributed by atoms with van der Waals surface area (Å²) in [6.07, 6.45) is 3.26. The SMILES string of the molecule is C[C@@H]1[C@H](O)CCC[C@@H]1c1ccccc1. The normalized spacial score (nSPS) is 32.9. The van der Waals surface area contributed by atoms with E-state index in [1.165, 1.54) is 12.0 Å². The van der Waals surface area contributed by atoms with Crippen LogP contribution < -0.4 is 0 Å². The molecule has 1 aliphatic rings. The van der Waals surface area contributed by atoms with Crippen LogP contribution in [-0.4, -0.2) is 11.2 Å². The molecule has 0 unspecified atom stereocenters. The number of aliphatic hydroxyl groups is 1. The maximum atomic E-state index is 9.81. The number of hydrogen-bond acceptors (Lipinski definition) is 1. The van der Waals surface area contributed by atoms with Crippen LogP contribution in [0, 0.1) is 5.92 Å². The van der Waals surface area contributed by atoms with Gasteiger partial charge in [0.15, 0.2) is 0 Å². The topological polar surface area (TPSA) is 20.2 Å². The Morgan fingerprint density at radius 2 is 1.86 bits per heavy atom. The molecule has 1 aromatic carbocycles. The molecule has 1 aliphatic carbocycles. The maximum Gasteiger partial charge on any atom is 0.0571 e. The summed E-state index contributed by atoms with van der Waals surface area (Å²) in [6.45, 7) is 2.17. The van der Waals surface area contributed by atoms with E-state index < -0.39 is 0 Å². The van der Waals surface area contributed by atoms with Crippen LogP contribution >= 0.6 is 0 Å². The van der Waals surface area contributed by atoms with Gasteiger partial charge in [-0.15, -0.1) is 0 Å². The molecule has 0 radical (unpaired) electrons. The molecule has 1 N–H and O–H groups in total. The number of rotatable bonds is 1. The van der Waals surface area contributed by atoms with Crippen LogP contribution in [0.1, 0.15) is 37.7 Å². The molecule has 3 atom stereocenters. The first-order chi connectivity index (χ1) is 6.79. The van der Waals surface area contributed by atoms with E-state index in [-0.39, 0.29) is 6.10 Å². The quantitative estimate of drug-likeness (QED) is 0.722. The molecule has 1 saturated carbocycles. The molecular formula is C13H18O. The average Bonchev–Trinajstić information content (AvgIpc) is 2.23. The van der Waals surface area contributed by atoms with Crippen molar-refractivity contribution < 1.29 is 5.11 Å². The predicted molar refractivity (Wildman–Crippen MR) is 58.2 cm³/mol. The lowest BCUT2D eigenvalue weighted by Crippen LogP contribution is -2.28. The summed E-state index contributed by atoms with van der Waals surface area (Å²) in [6, 6.07) is 10.6. The van der Waals surface area contributed by atoms with Gasteiger partial charge in [-0.05, 0) is 30.2 Å². The molecule has 1 aromatic rings. The van der Waals surface area contributed by atoms with E-state index in [0.717, 1.165) is 12.8 Å². The van der Waals surface area contributed by atoms with Crippen LogP contribution in [0.3, 0.4) is 0 Å². The van der Waals surface area contributed by atoms with Crippen molar-refractivity contribution in [2.24, 2.45) is 5.92 Å². The highest BCUT2D eigenvalue weighted by Gasteiger charge is 2.29. The monoisotopic (exact) mass is 190 g/mol. The third-order valence-electron chi connectivity index (χ3n) is 3.48. The molecule has 0 saturated heterocycles. The van der Waals surface area contributed by atoms with Gasteiger partial charge in [-0.1, -0.05) is 43.7 Å². The molecule has 0 spiro atoms. The van der Waals surface area contributed by atoms with Crippen LogP contribution in [0.5, 0.6) is 0 Å². The summed E-state index contributed by atoms with van der Waals surface area (Å²) in [5.74, 6) is 0.964. The number of benzene rings is 1. The third-order valence-corrected chi connectivity index (χ3v) is 3.48. The highest BCUT2D eigenvalue weighted by Crippen LogP contribution is 2.37. The summed E-state index contributed by atoms with van der Waals surface area (Å²) >= 11 is 0. The largest absolute Gasteiger partial charge is 0.393 e. The lowest BCUT2D eigenvalue weighted by molar-refractivity contribution is 0.0654. The maximum absolute atomic E-state index is 9.81. The molecule has 1 fully saturated rings. The molecule has 0 heterocycles. The zero-order valence-electron chi connectivity index (χ0n) is 8.69. The Bertz CT molecular complexity index is 281. The Morgan fingerprint density at radius 3 is 2.57 bits per heavy atom. The lowest BCUT2D eigenvalue weighted by atomic mass is 9.75. The minimum atomic E-state index is -0.103. The van der Waals surface area contributed by atoms with Crippen LogP contribution in [0.25, 0.3) is 0 Å². The van der Waals surface area contributed by atoms with E-state index in [9.17, 15) is 5.11 Å². The zero-order valence-corrected chi connectivity index (χ0v) is 8.69. The van der Waals surface area contributed by atoms with Crippen LogP contribution in [-0.2, 0) is 0 Å². The highest BCUT2D eigenvalue weighted by atomic mass is 16.3. The van der Waals surface area contributed by atoms with Gasteiger partial charge in [0.05, 0.1) is 6.10 Å². The fraction of sp³-hybridized carbons (Fsp3) is 0.538. The van der Waals surface area contributed by atoms with Gasteiger partial charge < -0.3 is 5.11 Å². The van der Waals surface area contributed by atoms with Gasteiger partial charge in [0.2, 0.25) is 0 Å². The second-order valence-electron chi connectivity index (χ2n) is 4.37. The minimum absolute atomic E-state index is 0.103. The van der Waals surface area contributed by atoms with E-state index in [1.807, 2.05) is 6.07 Å². The first-order valence-electron chi connectivity index (χ1n) is 5.52. The van der Waals surface area contributed by atoms with Crippen molar-refractivity contribution in [3.05, 3.63) is 35.9 Å². The van der Waals surface area contributed by atoms with Crippen LogP contribution in [0.2, 0.25) is 0 Å². The van der Waals surface area contributed by atoms with Gasteiger partial charge in [0.25, 0.3) is 0 Å². The van der Waals surface area contributed by atoms with Gasteiger partial charge >= 0.3 is 0 Å². The Balaban J connectivity index is 2.17. The van der Waals surface area contributed by atoms with E-state index in [0.29, 0.717) is 11.8 Å². The van der Waals surface area contributed by atoms with Crippen molar-refractivity contribution in [1.82, 2.24) is 0 Å². The predicted octanol–water partition coefficient (Wildman–Crippen LogP) is 2.95. The molecular weight excluding hydrogens is 172 g/mol. The molecule has 2 rings (SSSR count). The molecule has 0 amide bonds. The number of aliphatic hydroxyl groups excluding tert-OH is 1. The second kappa shape index (κ2) is 4.14. The molecule has 0 bridgehead atoms. The average molecular weight is 190 g/mol. The molecule has 0 aromatic heterocycles.